The van der Waals surface area contributed by atoms with Gasteiger partial charge in [-0.25, -0.2) is 0 Å². The second-order valence-corrected chi connectivity index (χ2v) is 4.37. The van der Waals surface area contributed by atoms with Gasteiger partial charge in [0.05, 0.1) is 0 Å². The largest absolute Gasteiger partial charge is 0.0922 e. The molecule has 0 aromatic carbocycles. The van der Waals surface area contributed by atoms with Gasteiger partial charge in [0.1, 0.15) is 0 Å². The van der Waals surface area contributed by atoms with E-state index in [9.17, 15) is 0 Å². The Morgan fingerprint density at radius 1 is 1.50 bits per heavy atom. The Labute approximate surface area is 72.5 Å². The molecule has 1 saturated carbocycles. The average molecular weight is 205 g/mol. The van der Waals surface area contributed by atoms with Crippen LogP contribution in [0.4, 0.5) is 0 Å². The predicted molar refractivity (Wildman–Crippen MR) is 49.5 cm³/mol. The van der Waals surface area contributed by atoms with Gasteiger partial charge in [-0.3, -0.25) is 0 Å². The van der Waals surface area contributed by atoms with E-state index in [0.29, 0.717) is 5.41 Å². The number of hydrogen-bond acceptors (Lipinski definition) is 0. The van der Waals surface area contributed by atoms with Crippen LogP contribution in [-0.2, 0) is 0 Å². The second-order valence-electron chi connectivity index (χ2n) is 3.81. The summed E-state index contributed by atoms with van der Waals surface area (Å²) < 4.78 is 0. The Kier molecular flexibility index (Phi) is 2.79. The minimum Gasteiger partial charge on any atom is -0.0922 e. The van der Waals surface area contributed by atoms with Crippen LogP contribution in [0.1, 0.15) is 39.5 Å². The zero-order valence-electron chi connectivity index (χ0n) is 6.99. The Morgan fingerprint density at radius 3 is 2.40 bits per heavy atom. The highest BCUT2D eigenvalue weighted by Crippen LogP contribution is 2.48. The van der Waals surface area contributed by atoms with Crippen LogP contribution >= 0.6 is 15.9 Å². The van der Waals surface area contributed by atoms with Gasteiger partial charge in [-0.15, -0.1) is 0 Å². The molecule has 0 aromatic rings. The summed E-state index contributed by atoms with van der Waals surface area (Å²) in [6, 6.07) is 0. The van der Waals surface area contributed by atoms with E-state index in [-0.39, 0.29) is 0 Å². The summed E-state index contributed by atoms with van der Waals surface area (Å²) in [4.78, 5) is 0. The van der Waals surface area contributed by atoms with E-state index in [4.69, 9.17) is 0 Å². The van der Waals surface area contributed by atoms with Crippen LogP contribution < -0.4 is 0 Å². The van der Waals surface area contributed by atoms with Gasteiger partial charge < -0.3 is 0 Å². The third-order valence-electron chi connectivity index (χ3n) is 2.69. The molecule has 1 atom stereocenters. The van der Waals surface area contributed by atoms with Crippen molar-refractivity contribution >= 4 is 15.9 Å². The molecular weight excluding hydrogens is 188 g/mol. The maximum atomic E-state index is 3.61. The molecule has 0 radical (unpaired) electrons. The fourth-order valence-corrected chi connectivity index (χ4v) is 2.47. The van der Waals surface area contributed by atoms with Crippen molar-refractivity contribution in [3.63, 3.8) is 0 Å². The van der Waals surface area contributed by atoms with Crippen LogP contribution in [0, 0.1) is 11.3 Å². The first-order valence-electron chi connectivity index (χ1n) is 4.29. The zero-order chi connectivity index (χ0) is 7.61. The average Bonchev–Trinajstić information content (AvgIpc) is 2.69. The maximum Gasteiger partial charge on any atom is 0.00879 e. The molecule has 1 unspecified atom stereocenters. The van der Waals surface area contributed by atoms with Crippen LogP contribution in [0.2, 0.25) is 0 Å². The van der Waals surface area contributed by atoms with Crippen molar-refractivity contribution in [2.75, 3.05) is 5.33 Å². The van der Waals surface area contributed by atoms with Crippen molar-refractivity contribution < 1.29 is 0 Å². The Bertz CT molecular complexity index is 107. The molecule has 1 aliphatic rings. The Morgan fingerprint density at radius 2 is 2.10 bits per heavy atom. The summed E-state index contributed by atoms with van der Waals surface area (Å²) in [5.74, 6) is 1.03. The van der Waals surface area contributed by atoms with Crippen LogP contribution in [0.5, 0.6) is 0 Å². The standard InChI is InChI=1S/C9H17Br/c1-3-6-9(2,7-10)8-4-5-8/h8H,3-7H2,1-2H3. The summed E-state index contributed by atoms with van der Waals surface area (Å²) in [6.45, 7) is 4.70. The van der Waals surface area contributed by atoms with Gasteiger partial charge in [0.25, 0.3) is 0 Å². The van der Waals surface area contributed by atoms with E-state index in [0.717, 1.165) is 5.92 Å². The monoisotopic (exact) mass is 204 g/mol. The molecule has 0 aromatic heterocycles. The molecule has 0 amide bonds. The van der Waals surface area contributed by atoms with Crippen molar-refractivity contribution in [3.8, 4) is 0 Å². The molecule has 0 aliphatic heterocycles. The van der Waals surface area contributed by atoms with Crippen molar-refractivity contribution in [1.29, 1.82) is 0 Å². The summed E-state index contributed by atoms with van der Waals surface area (Å²) >= 11 is 3.61. The molecule has 0 heterocycles. The van der Waals surface area contributed by atoms with Gasteiger partial charge in [-0.2, -0.15) is 0 Å². The molecule has 0 N–H and O–H groups in total. The smallest absolute Gasteiger partial charge is 0.00879 e. The third kappa shape index (κ3) is 1.75. The van der Waals surface area contributed by atoms with E-state index in [1.54, 1.807) is 0 Å². The molecule has 60 valence electrons. The fraction of sp³-hybridized carbons (Fsp3) is 1.00. The van der Waals surface area contributed by atoms with E-state index >= 15 is 0 Å². The Hall–Kier alpha value is 0.480. The van der Waals surface area contributed by atoms with Gasteiger partial charge >= 0.3 is 0 Å². The number of hydrogen-bond donors (Lipinski definition) is 0. The summed E-state index contributed by atoms with van der Waals surface area (Å²) in [7, 11) is 0. The SMILES string of the molecule is CCCC(C)(CBr)C1CC1. The molecule has 0 spiro atoms. The lowest BCUT2D eigenvalue weighted by molar-refractivity contribution is 0.291. The molecule has 1 rings (SSSR count). The van der Waals surface area contributed by atoms with Crippen LogP contribution in [0.3, 0.4) is 0 Å². The second kappa shape index (κ2) is 3.25. The summed E-state index contributed by atoms with van der Waals surface area (Å²) in [5.41, 5.74) is 0.620. The van der Waals surface area contributed by atoms with Gasteiger partial charge in [-0.1, -0.05) is 36.2 Å². The van der Waals surface area contributed by atoms with Crippen molar-refractivity contribution in [2.24, 2.45) is 11.3 Å². The predicted octanol–water partition coefficient (Wildman–Crippen LogP) is 3.60. The highest BCUT2D eigenvalue weighted by molar-refractivity contribution is 9.09. The third-order valence-corrected chi connectivity index (χ3v) is 3.97. The normalized spacial score (nSPS) is 24.3. The summed E-state index contributed by atoms with van der Waals surface area (Å²) in [5, 5.41) is 1.19. The first kappa shape index (κ1) is 8.58. The highest BCUT2D eigenvalue weighted by atomic mass is 79.9. The van der Waals surface area contributed by atoms with E-state index in [1.807, 2.05) is 0 Å². The van der Waals surface area contributed by atoms with Crippen LogP contribution in [0.15, 0.2) is 0 Å². The molecule has 1 aliphatic carbocycles. The highest BCUT2D eigenvalue weighted by Gasteiger charge is 2.39. The Balaban J connectivity index is 2.39. The van der Waals surface area contributed by atoms with Gasteiger partial charge in [0.15, 0.2) is 0 Å². The number of halogens is 1. The first-order valence-corrected chi connectivity index (χ1v) is 5.41. The lowest BCUT2D eigenvalue weighted by Crippen LogP contribution is -2.20. The quantitative estimate of drug-likeness (QED) is 0.615. The fourth-order valence-electron chi connectivity index (χ4n) is 1.73. The van der Waals surface area contributed by atoms with Gasteiger partial charge in [0, 0.05) is 5.33 Å². The van der Waals surface area contributed by atoms with E-state index < -0.39 is 0 Å². The van der Waals surface area contributed by atoms with Crippen molar-refractivity contribution in [1.82, 2.24) is 0 Å². The minimum absolute atomic E-state index is 0.620. The minimum atomic E-state index is 0.620. The first-order chi connectivity index (χ1) is 4.73. The molecule has 0 saturated heterocycles. The maximum absolute atomic E-state index is 3.61. The molecule has 10 heavy (non-hydrogen) atoms. The number of alkyl halides is 1. The lowest BCUT2D eigenvalue weighted by Gasteiger charge is -2.26. The summed E-state index contributed by atoms with van der Waals surface area (Å²) in [6.07, 6.45) is 5.67. The molecule has 0 bridgehead atoms. The number of rotatable bonds is 4. The topological polar surface area (TPSA) is 0 Å². The van der Waals surface area contributed by atoms with Gasteiger partial charge in [0.2, 0.25) is 0 Å². The zero-order valence-corrected chi connectivity index (χ0v) is 8.58. The van der Waals surface area contributed by atoms with E-state index in [2.05, 4.69) is 29.8 Å². The van der Waals surface area contributed by atoms with Crippen molar-refractivity contribution in [3.05, 3.63) is 0 Å². The van der Waals surface area contributed by atoms with E-state index in [1.165, 1.54) is 31.0 Å². The molecule has 1 fully saturated rings. The van der Waals surface area contributed by atoms with Crippen LogP contribution in [0.25, 0.3) is 0 Å². The molecular formula is C9H17Br. The lowest BCUT2D eigenvalue weighted by atomic mass is 9.83. The molecule has 1 heteroatoms. The molecule has 0 nitrogen and oxygen atoms in total. The van der Waals surface area contributed by atoms with Crippen molar-refractivity contribution in [2.45, 2.75) is 39.5 Å². The van der Waals surface area contributed by atoms with Crippen LogP contribution in [-0.4, -0.2) is 5.33 Å². The van der Waals surface area contributed by atoms with Gasteiger partial charge in [-0.05, 0) is 30.6 Å².